The quantitative estimate of drug-likeness (QED) is 0.806. The highest BCUT2D eigenvalue weighted by Crippen LogP contribution is 2.41. The van der Waals surface area contributed by atoms with Gasteiger partial charge in [-0.05, 0) is 52.8 Å². The van der Waals surface area contributed by atoms with Crippen LogP contribution in [0.4, 0.5) is 4.79 Å². The lowest BCUT2D eigenvalue weighted by Gasteiger charge is -2.38. The molecule has 2 aliphatic rings. The van der Waals surface area contributed by atoms with Crippen LogP contribution in [0.5, 0.6) is 0 Å². The Morgan fingerprint density at radius 1 is 1.29 bits per heavy atom. The summed E-state index contributed by atoms with van der Waals surface area (Å²) in [6.45, 7) is 6.16. The smallest absolute Gasteiger partial charge is 0.318 e. The third kappa shape index (κ3) is 2.73. The lowest BCUT2D eigenvalue weighted by atomic mass is 9.71. The Kier molecular flexibility index (Phi) is 3.87. The largest absolute Gasteiger partial charge is 0.331 e. The van der Waals surface area contributed by atoms with Gasteiger partial charge in [0, 0.05) is 18.0 Å². The Balaban J connectivity index is 1.51. The Labute approximate surface area is 147 Å². The first-order valence-electron chi connectivity index (χ1n) is 8.75. The van der Waals surface area contributed by atoms with Crippen molar-refractivity contribution in [1.82, 2.24) is 10.2 Å². The van der Waals surface area contributed by atoms with Crippen molar-refractivity contribution in [3.63, 3.8) is 0 Å². The highest BCUT2D eigenvalue weighted by atomic mass is 32.1. The van der Waals surface area contributed by atoms with E-state index in [1.807, 2.05) is 4.90 Å². The number of carbonyl (C=O) groups excluding carboxylic acids is 1. The first kappa shape index (κ1) is 15.7. The van der Waals surface area contributed by atoms with Crippen LogP contribution in [0.25, 0.3) is 0 Å². The van der Waals surface area contributed by atoms with Crippen LogP contribution in [0.3, 0.4) is 0 Å². The van der Waals surface area contributed by atoms with E-state index >= 15 is 0 Å². The molecule has 1 aliphatic heterocycles. The van der Waals surface area contributed by atoms with E-state index in [-0.39, 0.29) is 17.5 Å². The molecule has 0 saturated heterocycles. The lowest BCUT2D eigenvalue weighted by Crippen LogP contribution is -2.45. The number of hydrogen-bond donors (Lipinski definition) is 1. The highest BCUT2D eigenvalue weighted by molar-refractivity contribution is 7.10. The normalized spacial score (nSPS) is 21.8. The summed E-state index contributed by atoms with van der Waals surface area (Å²) in [4.78, 5) is 16.2. The van der Waals surface area contributed by atoms with Gasteiger partial charge in [0.2, 0.25) is 0 Å². The molecule has 2 amide bonds. The molecule has 1 aromatic heterocycles. The molecule has 126 valence electrons. The summed E-state index contributed by atoms with van der Waals surface area (Å²) in [5, 5.41) is 5.43. The zero-order valence-corrected chi connectivity index (χ0v) is 15.2. The molecular weight excluding hydrogens is 316 g/mol. The molecule has 0 fully saturated rings. The van der Waals surface area contributed by atoms with Gasteiger partial charge in [-0.15, -0.1) is 11.3 Å². The standard InChI is InChI=1S/C20H24N2OS/c1-20(2)10-7-17(15-5-3-4-6-16(15)20)21-19(23)22-11-8-18-14(13-22)9-12-24-18/h3-6,9,12,17H,7-8,10-11,13H2,1-2H3,(H,21,23)/t17-/m1/s1. The highest BCUT2D eigenvalue weighted by Gasteiger charge is 2.33. The van der Waals surface area contributed by atoms with Gasteiger partial charge in [0.15, 0.2) is 0 Å². The number of carbonyl (C=O) groups is 1. The van der Waals surface area contributed by atoms with Crippen molar-refractivity contribution in [3.8, 4) is 0 Å². The topological polar surface area (TPSA) is 32.3 Å². The van der Waals surface area contributed by atoms with Crippen molar-refractivity contribution in [3.05, 3.63) is 57.3 Å². The molecule has 1 N–H and O–H groups in total. The minimum Gasteiger partial charge on any atom is -0.331 e. The first-order chi connectivity index (χ1) is 11.5. The molecule has 4 rings (SSSR count). The lowest BCUT2D eigenvalue weighted by molar-refractivity contribution is 0.186. The molecule has 3 nitrogen and oxygen atoms in total. The van der Waals surface area contributed by atoms with E-state index in [1.54, 1.807) is 11.3 Å². The predicted molar refractivity (Wildman–Crippen MR) is 98.4 cm³/mol. The second kappa shape index (κ2) is 5.92. The zero-order valence-electron chi connectivity index (χ0n) is 14.3. The maximum absolute atomic E-state index is 12.8. The molecule has 0 radical (unpaired) electrons. The Bertz CT molecular complexity index is 765. The van der Waals surface area contributed by atoms with Gasteiger partial charge in [-0.1, -0.05) is 38.1 Å². The van der Waals surface area contributed by atoms with Crippen molar-refractivity contribution in [2.75, 3.05) is 6.54 Å². The molecule has 1 aromatic carbocycles. The molecule has 2 heterocycles. The number of thiophene rings is 1. The molecule has 1 aliphatic carbocycles. The van der Waals surface area contributed by atoms with Crippen molar-refractivity contribution in [2.45, 2.75) is 51.1 Å². The first-order valence-corrected chi connectivity index (χ1v) is 9.63. The minimum atomic E-state index is 0.0753. The number of nitrogens with zero attached hydrogens (tertiary/aromatic N) is 1. The average molecular weight is 340 g/mol. The molecule has 0 unspecified atom stereocenters. The van der Waals surface area contributed by atoms with E-state index in [4.69, 9.17) is 0 Å². The monoisotopic (exact) mass is 340 g/mol. The van der Waals surface area contributed by atoms with Gasteiger partial charge in [-0.25, -0.2) is 4.79 Å². The zero-order chi connectivity index (χ0) is 16.7. The van der Waals surface area contributed by atoms with E-state index in [1.165, 1.54) is 21.6 Å². The van der Waals surface area contributed by atoms with Gasteiger partial charge in [-0.2, -0.15) is 0 Å². The number of rotatable bonds is 1. The van der Waals surface area contributed by atoms with Gasteiger partial charge in [0.05, 0.1) is 6.04 Å². The van der Waals surface area contributed by atoms with Gasteiger partial charge in [0.1, 0.15) is 0 Å². The number of amides is 2. The van der Waals surface area contributed by atoms with E-state index < -0.39 is 0 Å². The minimum absolute atomic E-state index is 0.0753. The van der Waals surface area contributed by atoms with E-state index in [0.717, 1.165) is 32.4 Å². The Morgan fingerprint density at radius 3 is 3.00 bits per heavy atom. The van der Waals surface area contributed by atoms with E-state index in [2.05, 4.69) is 54.9 Å². The van der Waals surface area contributed by atoms with E-state index in [9.17, 15) is 4.79 Å². The molecular formula is C20H24N2OS. The van der Waals surface area contributed by atoms with Gasteiger partial charge >= 0.3 is 6.03 Å². The van der Waals surface area contributed by atoms with Crippen molar-refractivity contribution in [2.24, 2.45) is 0 Å². The second-order valence-electron chi connectivity index (χ2n) is 7.55. The molecule has 24 heavy (non-hydrogen) atoms. The summed E-state index contributed by atoms with van der Waals surface area (Å²) in [7, 11) is 0. The molecule has 0 bridgehead atoms. The van der Waals surface area contributed by atoms with Gasteiger partial charge in [-0.3, -0.25) is 0 Å². The van der Waals surface area contributed by atoms with Crippen LogP contribution in [-0.2, 0) is 18.4 Å². The fourth-order valence-corrected chi connectivity index (χ4v) is 4.91. The summed E-state index contributed by atoms with van der Waals surface area (Å²) in [6, 6.07) is 10.9. The third-order valence-corrected chi connectivity index (χ3v) is 6.54. The van der Waals surface area contributed by atoms with Crippen LogP contribution in [0.2, 0.25) is 0 Å². The van der Waals surface area contributed by atoms with Gasteiger partial charge < -0.3 is 10.2 Å². The maximum atomic E-state index is 12.8. The average Bonchev–Trinajstić information content (AvgIpc) is 3.05. The third-order valence-electron chi connectivity index (χ3n) is 5.52. The fraction of sp³-hybridized carbons (Fsp3) is 0.450. The second-order valence-corrected chi connectivity index (χ2v) is 8.55. The summed E-state index contributed by atoms with van der Waals surface area (Å²) in [5.74, 6) is 0. The molecule has 0 spiro atoms. The van der Waals surface area contributed by atoms with Crippen LogP contribution in [-0.4, -0.2) is 17.5 Å². The number of urea groups is 1. The number of hydrogen-bond acceptors (Lipinski definition) is 2. The summed E-state index contributed by atoms with van der Waals surface area (Å²) in [5.41, 5.74) is 4.16. The van der Waals surface area contributed by atoms with Crippen LogP contribution < -0.4 is 5.32 Å². The Hall–Kier alpha value is -1.81. The SMILES string of the molecule is CC1(C)CC[C@@H](NC(=O)N2CCc3sccc3C2)c2ccccc21. The fourth-order valence-electron chi connectivity index (χ4n) is 4.02. The van der Waals surface area contributed by atoms with Crippen LogP contribution in [0.1, 0.15) is 54.3 Å². The summed E-state index contributed by atoms with van der Waals surface area (Å²) < 4.78 is 0. The maximum Gasteiger partial charge on any atom is 0.318 e. The number of benzene rings is 1. The summed E-state index contributed by atoms with van der Waals surface area (Å²) >= 11 is 1.81. The number of nitrogens with one attached hydrogen (secondary N) is 1. The van der Waals surface area contributed by atoms with Crippen LogP contribution in [0.15, 0.2) is 35.7 Å². The molecule has 0 saturated carbocycles. The van der Waals surface area contributed by atoms with E-state index in [0.29, 0.717) is 0 Å². The summed E-state index contributed by atoms with van der Waals surface area (Å²) in [6.07, 6.45) is 3.09. The van der Waals surface area contributed by atoms with Crippen molar-refractivity contribution < 1.29 is 4.79 Å². The Morgan fingerprint density at radius 2 is 2.12 bits per heavy atom. The van der Waals surface area contributed by atoms with Crippen molar-refractivity contribution >= 4 is 17.4 Å². The van der Waals surface area contributed by atoms with Gasteiger partial charge in [0.25, 0.3) is 0 Å². The van der Waals surface area contributed by atoms with Crippen LogP contribution in [0, 0.1) is 0 Å². The van der Waals surface area contributed by atoms with Crippen molar-refractivity contribution in [1.29, 1.82) is 0 Å². The molecule has 4 heteroatoms. The molecule has 2 aromatic rings. The molecule has 1 atom stereocenters. The predicted octanol–water partition coefficient (Wildman–Crippen LogP) is 4.63. The van der Waals surface area contributed by atoms with Crippen LogP contribution >= 0.6 is 11.3 Å². The number of fused-ring (bicyclic) bond motifs is 2.